The largest absolute Gasteiger partial charge is 0.448 e. The van der Waals surface area contributed by atoms with Gasteiger partial charge in [0.15, 0.2) is 0 Å². The third-order valence-electron chi connectivity index (χ3n) is 8.32. The standard InChI is InChI=1S/C29H39NO5/c1-18-9-7-13-22(31)15-16-25(32)35-29-23(14-8-10-18)27(33)20(3)19(2)26(29)24(30-28(29)34)17-21-11-5-4-6-12-21/h4-6,8,11-12,14,18-19,22-24,26-27,31,33H,3,7,9-10,13,15-17H2,1-2H3,(H,30,34)/b14-8-/t18-,19-,22+,23-,24-,26?,27-,29-/m1/s1. The summed E-state index contributed by atoms with van der Waals surface area (Å²) in [6.45, 7) is 8.32. The Bertz CT molecular complexity index is 959. The van der Waals surface area contributed by atoms with Crippen LogP contribution in [-0.2, 0) is 20.7 Å². The fourth-order valence-corrected chi connectivity index (χ4v) is 6.30. The minimum Gasteiger partial charge on any atom is -0.448 e. The molecule has 0 radical (unpaired) electrons. The van der Waals surface area contributed by atoms with Gasteiger partial charge in [0.25, 0.3) is 5.91 Å². The van der Waals surface area contributed by atoms with Gasteiger partial charge in [-0.3, -0.25) is 9.59 Å². The Morgan fingerprint density at radius 3 is 2.60 bits per heavy atom. The number of carbonyl (C=O) groups is 2. The number of hydrogen-bond acceptors (Lipinski definition) is 5. The molecule has 190 valence electrons. The minimum atomic E-state index is -1.52. The van der Waals surface area contributed by atoms with Crippen LogP contribution in [0.3, 0.4) is 0 Å². The number of allylic oxidation sites excluding steroid dienone is 1. The molecule has 0 bridgehead atoms. The molecule has 1 saturated carbocycles. The number of carbonyl (C=O) groups excluding carboxylic acids is 2. The van der Waals surface area contributed by atoms with Gasteiger partial charge in [-0.05, 0) is 48.7 Å². The molecule has 6 nitrogen and oxygen atoms in total. The Balaban J connectivity index is 1.75. The molecule has 2 fully saturated rings. The quantitative estimate of drug-likeness (QED) is 0.442. The van der Waals surface area contributed by atoms with Gasteiger partial charge in [0.05, 0.1) is 18.1 Å². The van der Waals surface area contributed by atoms with Gasteiger partial charge < -0.3 is 20.3 Å². The fourth-order valence-electron chi connectivity index (χ4n) is 6.30. The SMILES string of the molecule is C=C1[C@@H](C)C2[C@@H](Cc3ccccc3)NC(=O)[C@]23OC(=O)CC[C@@H](O)CCC[C@@H](C)C/C=C\[C@@H]3[C@@H]1O. The molecule has 2 aliphatic heterocycles. The number of ether oxygens (including phenoxy) is 1. The number of aliphatic hydroxyl groups excluding tert-OH is 2. The Labute approximate surface area is 208 Å². The Morgan fingerprint density at radius 2 is 1.86 bits per heavy atom. The van der Waals surface area contributed by atoms with Crippen LogP contribution in [0.25, 0.3) is 0 Å². The minimum absolute atomic E-state index is 0.0314. The molecule has 8 atom stereocenters. The second-order valence-electron chi connectivity index (χ2n) is 10.8. The monoisotopic (exact) mass is 481 g/mol. The molecule has 6 heteroatoms. The van der Waals surface area contributed by atoms with Crippen molar-refractivity contribution in [3.05, 3.63) is 60.2 Å². The van der Waals surface area contributed by atoms with E-state index in [0.29, 0.717) is 30.8 Å². The molecule has 3 aliphatic rings. The van der Waals surface area contributed by atoms with Gasteiger partial charge in [0, 0.05) is 18.4 Å². The summed E-state index contributed by atoms with van der Waals surface area (Å²) in [4.78, 5) is 26.9. The highest BCUT2D eigenvalue weighted by molar-refractivity contribution is 5.92. The molecule has 3 N–H and O–H groups in total. The van der Waals surface area contributed by atoms with E-state index in [0.717, 1.165) is 24.8 Å². The third-order valence-corrected chi connectivity index (χ3v) is 8.32. The van der Waals surface area contributed by atoms with Crippen LogP contribution in [0.5, 0.6) is 0 Å². The van der Waals surface area contributed by atoms with Gasteiger partial charge in [-0.25, -0.2) is 0 Å². The highest BCUT2D eigenvalue weighted by atomic mass is 16.6. The van der Waals surface area contributed by atoms with Gasteiger partial charge in [-0.2, -0.15) is 0 Å². The summed E-state index contributed by atoms with van der Waals surface area (Å²) in [5, 5.41) is 24.8. The number of hydrogen-bond donors (Lipinski definition) is 3. The number of nitrogens with one attached hydrogen (secondary N) is 1. The molecular formula is C29H39NO5. The van der Waals surface area contributed by atoms with Gasteiger partial charge in [0.1, 0.15) is 0 Å². The molecule has 1 aromatic rings. The van der Waals surface area contributed by atoms with Crippen molar-refractivity contribution < 1.29 is 24.5 Å². The van der Waals surface area contributed by atoms with E-state index in [1.807, 2.05) is 49.4 Å². The van der Waals surface area contributed by atoms with Crippen molar-refractivity contribution in [1.29, 1.82) is 0 Å². The van der Waals surface area contributed by atoms with Crippen molar-refractivity contribution in [3.8, 4) is 0 Å². The maximum absolute atomic E-state index is 13.8. The van der Waals surface area contributed by atoms with Crippen LogP contribution < -0.4 is 5.32 Å². The first kappa shape index (κ1) is 25.6. The van der Waals surface area contributed by atoms with Gasteiger partial charge in [-0.15, -0.1) is 0 Å². The predicted molar refractivity (Wildman–Crippen MR) is 134 cm³/mol. The summed E-state index contributed by atoms with van der Waals surface area (Å²) in [5.41, 5.74) is 0.219. The van der Waals surface area contributed by atoms with Crippen molar-refractivity contribution in [2.45, 2.75) is 82.6 Å². The average Bonchev–Trinajstić information content (AvgIpc) is 3.09. The maximum Gasteiger partial charge on any atom is 0.306 e. The molecule has 1 saturated heterocycles. The molecule has 0 aromatic heterocycles. The molecule has 1 amide bonds. The van der Waals surface area contributed by atoms with Gasteiger partial charge >= 0.3 is 5.97 Å². The third kappa shape index (κ3) is 5.10. The summed E-state index contributed by atoms with van der Waals surface area (Å²) in [6, 6.07) is 9.66. The molecule has 1 aliphatic carbocycles. The zero-order valence-electron chi connectivity index (χ0n) is 20.9. The van der Waals surface area contributed by atoms with E-state index in [1.54, 1.807) is 0 Å². The summed E-state index contributed by atoms with van der Waals surface area (Å²) in [5.74, 6) is -1.80. The number of rotatable bonds is 2. The predicted octanol–water partition coefficient (Wildman–Crippen LogP) is 3.72. The molecule has 2 heterocycles. The van der Waals surface area contributed by atoms with Crippen LogP contribution in [0.2, 0.25) is 0 Å². The van der Waals surface area contributed by atoms with Crippen molar-refractivity contribution in [3.63, 3.8) is 0 Å². The van der Waals surface area contributed by atoms with Crippen molar-refractivity contribution in [1.82, 2.24) is 5.32 Å². The lowest BCUT2D eigenvalue weighted by Gasteiger charge is -2.49. The summed E-state index contributed by atoms with van der Waals surface area (Å²) in [6.07, 6.45) is 6.53. The average molecular weight is 482 g/mol. The summed E-state index contributed by atoms with van der Waals surface area (Å²) < 4.78 is 6.14. The second kappa shape index (κ2) is 10.7. The van der Waals surface area contributed by atoms with Gasteiger partial charge in [0.2, 0.25) is 5.60 Å². The Hall–Kier alpha value is -2.44. The normalized spacial score (nSPS) is 39.5. The summed E-state index contributed by atoms with van der Waals surface area (Å²) in [7, 11) is 0. The highest BCUT2D eigenvalue weighted by Gasteiger charge is 2.67. The Morgan fingerprint density at radius 1 is 1.11 bits per heavy atom. The van der Waals surface area contributed by atoms with Crippen LogP contribution in [0.15, 0.2) is 54.6 Å². The number of esters is 1. The van der Waals surface area contributed by atoms with E-state index < -0.39 is 29.7 Å². The van der Waals surface area contributed by atoms with E-state index >= 15 is 0 Å². The van der Waals surface area contributed by atoms with E-state index in [2.05, 4.69) is 18.8 Å². The zero-order chi connectivity index (χ0) is 25.2. The van der Waals surface area contributed by atoms with Crippen LogP contribution >= 0.6 is 0 Å². The first-order valence-electron chi connectivity index (χ1n) is 13.0. The number of benzene rings is 1. The topological polar surface area (TPSA) is 95.9 Å². The summed E-state index contributed by atoms with van der Waals surface area (Å²) >= 11 is 0. The molecule has 1 spiro atoms. The fraction of sp³-hybridized carbons (Fsp3) is 0.586. The molecular weight excluding hydrogens is 442 g/mol. The lowest BCUT2D eigenvalue weighted by Crippen LogP contribution is -2.61. The lowest BCUT2D eigenvalue weighted by atomic mass is 9.59. The van der Waals surface area contributed by atoms with Gasteiger partial charge in [-0.1, -0.05) is 75.8 Å². The van der Waals surface area contributed by atoms with E-state index in [-0.39, 0.29) is 30.2 Å². The smallest absolute Gasteiger partial charge is 0.306 e. The van der Waals surface area contributed by atoms with Crippen molar-refractivity contribution >= 4 is 11.9 Å². The van der Waals surface area contributed by atoms with E-state index in [9.17, 15) is 19.8 Å². The van der Waals surface area contributed by atoms with Crippen LogP contribution in [0.4, 0.5) is 0 Å². The Kier molecular flexibility index (Phi) is 7.82. The molecule has 1 aromatic carbocycles. The van der Waals surface area contributed by atoms with Crippen molar-refractivity contribution in [2.24, 2.45) is 23.7 Å². The maximum atomic E-state index is 13.8. The second-order valence-corrected chi connectivity index (χ2v) is 10.8. The molecule has 1 unspecified atom stereocenters. The first-order chi connectivity index (χ1) is 16.7. The zero-order valence-corrected chi connectivity index (χ0v) is 20.9. The van der Waals surface area contributed by atoms with E-state index in [4.69, 9.17) is 4.74 Å². The number of aliphatic hydroxyl groups is 2. The number of amides is 1. The van der Waals surface area contributed by atoms with Crippen molar-refractivity contribution in [2.75, 3.05) is 0 Å². The molecule has 4 rings (SSSR count). The van der Waals surface area contributed by atoms with E-state index in [1.165, 1.54) is 0 Å². The molecule has 35 heavy (non-hydrogen) atoms. The van der Waals surface area contributed by atoms with Crippen LogP contribution in [0, 0.1) is 23.7 Å². The lowest BCUT2D eigenvalue weighted by molar-refractivity contribution is -0.187. The highest BCUT2D eigenvalue weighted by Crippen LogP contribution is 2.52. The first-order valence-corrected chi connectivity index (χ1v) is 13.0. The van der Waals surface area contributed by atoms with Crippen LogP contribution in [0.1, 0.15) is 57.9 Å². The van der Waals surface area contributed by atoms with Crippen LogP contribution in [-0.4, -0.2) is 45.9 Å².